The first-order valence-corrected chi connectivity index (χ1v) is 9.37. The number of hydrogen-bond acceptors (Lipinski definition) is 4. The molecule has 1 heterocycles. The molecule has 1 atom stereocenters. The largest absolute Gasteiger partial charge is 0.508 e. The maximum atomic E-state index is 10.9. The van der Waals surface area contributed by atoms with Gasteiger partial charge in [-0.1, -0.05) is 29.8 Å². The standard InChI is InChI=1S/C22H29NO3.ClH/c1-17-3-5-19(6-4-17)15-22(25)11-13-23(14-12-22)18(2)16-26-21-9-7-20(24)8-10-21;/h3-10,18,24-25H,11-16H2,1-2H3;1H. The molecule has 1 fully saturated rings. The normalized spacial score (nSPS) is 17.7. The maximum absolute atomic E-state index is 10.9. The molecule has 5 heteroatoms. The summed E-state index contributed by atoms with van der Waals surface area (Å²) in [7, 11) is 0. The zero-order chi connectivity index (χ0) is 18.6. The molecule has 4 nitrogen and oxygen atoms in total. The van der Waals surface area contributed by atoms with Crippen molar-refractivity contribution in [2.75, 3.05) is 19.7 Å². The molecule has 0 spiro atoms. The Labute approximate surface area is 168 Å². The summed E-state index contributed by atoms with van der Waals surface area (Å²) in [5.41, 5.74) is 1.84. The van der Waals surface area contributed by atoms with Gasteiger partial charge in [0.1, 0.15) is 18.1 Å². The number of hydrogen-bond donors (Lipinski definition) is 2. The molecule has 1 aliphatic rings. The van der Waals surface area contributed by atoms with Crippen LogP contribution >= 0.6 is 12.4 Å². The number of halogens is 1. The summed E-state index contributed by atoms with van der Waals surface area (Å²) in [5, 5.41) is 20.3. The van der Waals surface area contributed by atoms with E-state index in [-0.39, 0.29) is 24.2 Å². The summed E-state index contributed by atoms with van der Waals surface area (Å²) in [6.45, 7) is 6.59. The lowest BCUT2D eigenvalue weighted by Crippen LogP contribution is -2.49. The number of phenolic OH excluding ortho intramolecular Hbond substituents is 1. The van der Waals surface area contributed by atoms with Crippen molar-refractivity contribution in [1.82, 2.24) is 4.90 Å². The maximum Gasteiger partial charge on any atom is 0.119 e. The quantitative estimate of drug-likeness (QED) is 0.782. The molecular formula is C22H30ClNO3. The second-order valence-electron chi connectivity index (χ2n) is 7.58. The third-order valence-electron chi connectivity index (χ3n) is 5.33. The topological polar surface area (TPSA) is 52.9 Å². The minimum Gasteiger partial charge on any atom is -0.508 e. The molecule has 0 radical (unpaired) electrons. The van der Waals surface area contributed by atoms with Gasteiger partial charge in [0.05, 0.1) is 5.60 Å². The molecule has 2 aromatic rings. The van der Waals surface area contributed by atoms with Crippen molar-refractivity contribution in [3.63, 3.8) is 0 Å². The average Bonchev–Trinajstić information content (AvgIpc) is 2.63. The van der Waals surface area contributed by atoms with Crippen molar-refractivity contribution in [1.29, 1.82) is 0 Å². The zero-order valence-electron chi connectivity index (χ0n) is 16.1. The number of aliphatic hydroxyl groups is 1. The minimum atomic E-state index is -0.608. The number of aryl methyl sites for hydroxylation is 1. The van der Waals surface area contributed by atoms with Gasteiger partial charge in [-0.2, -0.15) is 0 Å². The van der Waals surface area contributed by atoms with Crippen LogP contribution < -0.4 is 4.74 Å². The lowest BCUT2D eigenvalue weighted by Gasteiger charge is -2.40. The molecule has 148 valence electrons. The Morgan fingerprint density at radius 3 is 2.22 bits per heavy atom. The number of nitrogens with zero attached hydrogens (tertiary/aromatic N) is 1. The van der Waals surface area contributed by atoms with E-state index in [1.807, 2.05) is 0 Å². The Morgan fingerprint density at radius 2 is 1.63 bits per heavy atom. The van der Waals surface area contributed by atoms with E-state index in [4.69, 9.17) is 4.74 Å². The third kappa shape index (κ3) is 6.13. The summed E-state index contributed by atoms with van der Waals surface area (Å²) in [6.07, 6.45) is 2.29. The first-order chi connectivity index (χ1) is 12.4. The second kappa shape index (κ2) is 9.45. The van der Waals surface area contributed by atoms with Gasteiger partial charge in [0.15, 0.2) is 0 Å². The first-order valence-electron chi connectivity index (χ1n) is 9.37. The second-order valence-corrected chi connectivity index (χ2v) is 7.58. The molecule has 0 aromatic heterocycles. The number of aromatic hydroxyl groups is 1. The van der Waals surface area contributed by atoms with Crippen molar-refractivity contribution >= 4 is 12.4 Å². The first kappa shape index (κ1) is 21.5. The van der Waals surface area contributed by atoms with Crippen LogP contribution in [-0.2, 0) is 6.42 Å². The van der Waals surface area contributed by atoms with Crippen LogP contribution in [0.4, 0.5) is 0 Å². The van der Waals surface area contributed by atoms with Crippen LogP contribution in [0.3, 0.4) is 0 Å². The molecule has 0 saturated carbocycles. The third-order valence-corrected chi connectivity index (χ3v) is 5.33. The molecule has 0 bridgehead atoms. The SMILES string of the molecule is Cc1ccc(CC2(O)CCN(C(C)COc3ccc(O)cc3)CC2)cc1.Cl. The predicted octanol–water partition coefficient (Wildman–Crippen LogP) is 3.96. The summed E-state index contributed by atoms with van der Waals surface area (Å²) >= 11 is 0. The lowest BCUT2D eigenvalue weighted by molar-refractivity contribution is -0.0328. The number of rotatable bonds is 6. The Hall–Kier alpha value is -1.75. The van der Waals surface area contributed by atoms with Crippen molar-refractivity contribution in [2.45, 2.75) is 44.8 Å². The van der Waals surface area contributed by atoms with Crippen LogP contribution in [0.15, 0.2) is 48.5 Å². The Morgan fingerprint density at radius 1 is 1.04 bits per heavy atom. The van der Waals surface area contributed by atoms with Gasteiger partial charge in [0.25, 0.3) is 0 Å². The van der Waals surface area contributed by atoms with Crippen LogP contribution in [0.1, 0.15) is 30.9 Å². The van der Waals surface area contributed by atoms with Crippen LogP contribution in [0.25, 0.3) is 0 Å². The van der Waals surface area contributed by atoms with E-state index in [0.29, 0.717) is 6.61 Å². The molecule has 3 rings (SSSR count). The van der Waals surface area contributed by atoms with E-state index in [1.54, 1.807) is 24.3 Å². The van der Waals surface area contributed by atoms with Gasteiger partial charge >= 0.3 is 0 Å². The lowest BCUT2D eigenvalue weighted by atomic mass is 9.85. The molecule has 27 heavy (non-hydrogen) atoms. The average molecular weight is 392 g/mol. The minimum absolute atomic E-state index is 0. The molecule has 0 amide bonds. The number of likely N-dealkylation sites (tertiary alicyclic amines) is 1. The highest BCUT2D eigenvalue weighted by Crippen LogP contribution is 2.27. The van der Waals surface area contributed by atoms with Crippen LogP contribution in [0.2, 0.25) is 0 Å². The Balaban J connectivity index is 0.00000261. The van der Waals surface area contributed by atoms with E-state index >= 15 is 0 Å². The summed E-state index contributed by atoms with van der Waals surface area (Å²) in [4.78, 5) is 2.38. The number of phenols is 1. The number of ether oxygens (including phenoxy) is 1. The van der Waals surface area contributed by atoms with Gasteiger partial charge in [0, 0.05) is 25.6 Å². The van der Waals surface area contributed by atoms with Gasteiger partial charge in [0.2, 0.25) is 0 Å². The van der Waals surface area contributed by atoms with Crippen molar-refractivity contribution < 1.29 is 14.9 Å². The predicted molar refractivity (Wildman–Crippen MR) is 111 cm³/mol. The monoisotopic (exact) mass is 391 g/mol. The van der Waals surface area contributed by atoms with Crippen molar-refractivity contribution in [2.24, 2.45) is 0 Å². The van der Waals surface area contributed by atoms with Crippen molar-refractivity contribution in [3.05, 3.63) is 59.7 Å². The molecule has 2 aromatic carbocycles. The van der Waals surface area contributed by atoms with Gasteiger partial charge in [-0.25, -0.2) is 0 Å². The highest BCUT2D eigenvalue weighted by Gasteiger charge is 2.33. The molecular weight excluding hydrogens is 362 g/mol. The molecule has 1 saturated heterocycles. The summed E-state index contributed by atoms with van der Waals surface area (Å²) in [5.74, 6) is 1.01. The van der Waals surface area contributed by atoms with Gasteiger partial charge < -0.3 is 14.9 Å². The zero-order valence-corrected chi connectivity index (χ0v) is 16.9. The summed E-state index contributed by atoms with van der Waals surface area (Å²) < 4.78 is 5.82. The Bertz CT molecular complexity index is 695. The van der Waals surface area contributed by atoms with E-state index in [0.717, 1.165) is 38.1 Å². The number of benzene rings is 2. The van der Waals surface area contributed by atoms with Crippen LogP contribution in [0, 0.1) is 6.92 Å². The van der Waals surface area contributed by atoms with Gasteiger partial charge in [-0.3, -0.25) is 4.90 Å². The summed E-state index contributed by atoms with van der Waals surface area (Å²) in [6, 6.07) is 15.6. The fourth-order valence-corrected chi connectivity index (χ4v) is 3.51. The van der Waals surface area contributed by atoms with E-state index in [9.17, 15) is 10.2 Å². The fraction of sp³-hybridized carbons (Fsp3) is 0.455. The molecule has 2 N–H and O–H groups in total. The van der Waals surface area contributed by atoms with Gasteiger partial charge in [-0.05, 0) is 56.5 Å². The Kier molecular flexibility index (Phi) is 7.54. The molecule has 1 unspecified atom stereocenters. The van der Waals surface area contributed by atoms with Crippen LogP contribution in [0.5, 0.6) is 11.5 Å². The highest BCUT2D eigenvalue weighted by atomic mass is 35.5. The highest BCUT2D eigenvalue weighted by molar-refractivity contribution is 5.85. The van der Waals surface area contributed by atoms with E-state index in [2.05, 4.69) is 43.0 Å². The smallest absolute Gasteiger partial charge is 0.119 e. The molecule has 1 aliphatic heterocycles. The van der Waals surface area contributed by atoms with Gasteiger partial charge in [-0.15, -0.1) is 12.4 Å². The van der Waals surface area contributed by atoms with E-state index < -0.39 is 5.60 Å². The molecule has 0 aliphatic carbocycles. The van der Waals surface area contributed by atoms with Crippen LogP contribution in [-0.4, -0.2) is 46.5 Å². The number of piperidine rings is 1. The van der Waals surface area contributed by atoms with E-state index in [1.165, 1.54) is 11.1 Å². The van der Waals surface area contributed by atoms with Crippen molar-refractivity contribution in [3.8, 4) is 11.5 Å². The fourth-order valence-electron chi connectivity index (χ4n) is 3.51.